The van der Waals surface area contributed by atoms with Gasteiger partial charge in [-0.25, -0.2) is 0 Å². The van der Waals surface area contributed by atoms with Gasteiger partial charge in [-0.2, -0.15) is 5.10 Å². The zero-order valence-electron chi connectivity index (χ0n) is 20.0. The maximum absolute atomic E-state index is 13.6. The van der Waals surface area contributed by atoms with Crippen LogP contribution in [0, 0.1) is 0 Å². The van der Waals surface area contributed by atoms with Gasteiger partial charge < -0.3 is 15.0 Å². The second kappa shape index (κ2) is 10.2. The number of nitrogens with zero attached hydrogens (tertiary/aromatic N) is 3. The summed E-state index contributed by atoms with van der Waals surface area (Å²) in [6, 6.07) is 21.3. The summed E-state index contributed by atoms with van der Waals surface area (Å²) in [4.78, 5) is 28.8. The van der Waals surface area contributed by atoms with E-state index >= 15 is 0 Å². The Bertz CT molecular complexity index is 1130. The number of fused-ring (bicyclic) bond motifs is 1. The van der Waals surface area contributed by atoms with Gasteiger partial charge in [0.2, 0.25) is 5.91 Å². The van der Waals surface area contributed by atoms with Crippen LogP contribution >= 0.6 is 0 Å². The van der Waals surface area contributed by atoms with E-state index in [9.17, 15) is 9.59 Å². The van der Waals surface area contributed by atoms with E-state index in [2.05, 4.69) is 10.4 Å². The smallest absolute Gasteiger partial charge is 0.273 e. The van der Waals surface area contributed by atoms with E-state index in [0.29, 0.717) is 31.8 Å². The van der Waals surface area contributed by atoms with Gasteiger partial charge in [0.15, 0.2) is 0 Å². The molecule has 1 aliphatic heterocycles. The molecule has 1 N–H and O–H groups in total. The second-order valence-corrected chi connectivity index (χ2v) is 9.11. The van der Waals surface area contributed by atoms with E-state index in [1.54, 1.807) is 9.58 Å². The Morgan fingerprint density at radius 3 is 2.47 bits per heavy atom. The molecule has 2 aromatic carbocycles. The predicted octanol–water partition coefficient (Wildman–Crippen LogP) is 3.90. The van der Waals surface area contributed by atoms with Crippen molar-refractivity contribution in [2.75, 3.05) is 13.2 Å². The average Bonchev–Trinajstić information content (AvgIpc) is 3.27. The third-order valence-electron chi connectivity index (χ3n) is 6.13. The lowest BCUT2D eigenvalue weighted by atomic mass is 9.94. The molecule has 0 fully saturated rings. The van der Waals surface area contributed by atoms with Crippen molar-refractivity contribution in [2.45, 2.75) is 51.9 Å². The molecule has 0 radical (unpaired) electrons. The van der Waals surface area contributed by atoms with Crippen molar-refractivity contribution in [1.29, 1.82) is 0 Å². The molecular formula is C27H32N4O3. The standard InChI is InChI=1S/C27H32N4O3/c1-20(2)34-16-10-15-30-25(32)24-17-23(22-13-8-5-9-14-22)29-31(24)19-27(30,3)26(33)28-18-21-11-6-4-7-12-21/h4-9,11-14,17,20H,10,15-16,18-19H2,1-3H3,(H,28,33)/t27-/m1/s1. The summed E-state index contributed by atoms with van der Waals surface area (Å²) in [6.07, 6.45) is 0.762. The van der Waals surface area contributed by atoms with Gasteiger partial charge in [0.05, 0.1) is 18.3 Å². The van der Waals surface area contributed by atoms with Crippen molar-refractivity contribution >= 4 is 11.8 Å². The van der Waals surface area contributed by atoms with E-state index < -0.39 is 5.54 Å². The molecule has 3 aromatic rings. The lowest BCUT2D eigenvalue weighted by Crippen LogP contribution is -2.64. The predicted molar refractivity (Wildman–Crippen MR) is 131 cm³/mol. The van der Waals surface area contributed by atoms with E-state index in [0.717, 1.165) is 16.8 Å². The van der Waals surface area contributed by atoms with Crippen LogP contribution in [0.1, 0.15) is 43.2 Å². The van der Waals surface area contributed by atoms with Gasteiger partial charge in [0.25, 0.3) is 5.91 Å². The van der Waals surface area contributed by atoms with E-state index in [1.807, 2.05) is 87.5 Å². The van der Waals surface area contributed by atoms with Crippen LogP contribution in [0.4, 0.5) is 0 Å². The molecule has 0 unspecified atom stereocenters. The van der Waals surface area contributed by atoms with Gasteiger partial charge in [-0.15, -0.1) is 0 Å². The van der Waals surface area contributed by atoms with Crippen LogP contribution < -0.4 is 5.32 Å². The molecule has 0 saturated heterocycles. The maximum Gasteiger partial charge on any atom is 0.273 e. The summed E-state index contributed by atoms with van der Waals surface area (Å²) in [6.45, 7) is 7.42. The van der Waals surface area contributed by atoms with Gasteiger partial charge in [0.1, 0.15) is 11.2 Å². The number of ether oxygens (including phenoxy) is 1. The Labute approximate surface area is 200 Å². The molecule has 0 saturated carbocycles. The highest BCUT2D eigenvalue weighted by molar-refractivity contribution is 6.00. The molecule has 0 bridgehead atoms. The van der Waals surface area contributed by atoms with Gasteiger partial charge in [0, 0.05) is 25.3 Å². The molecule has 4 rings (SSSR count). The number of rotatable bonds is 9. The first-order valence-corrected chi connectivity index (χ1v) is 11.8. The fraction of sp³-hybridized carbons (Fsp3) is 0.370. The number of hydrogen-bond acceptors (Lipinski definition) is 4. The molecule has 0 spiro atoms. The summed E-state index contributed by atoms with van der Waals surface area (Å²) >= 11 is 0. The molecule has 2 heterocycles. The van der Waals surface area contributed by atoms with Crippen molar-refractivity contribution in [3.63, 3.8) is 0 Å². The van der Waals surface area contributed by atoms with Crippen molar-refractivity contribution < 1.29 is 14.3 Å². The van der Waals surface area contributed by atoms with Gasteiger partial charge in [-0.1, -0.05) is 60.7 Å². The molecule has 34 heavy (non-hydrogen) atoms. The molecule has 1 aromatic heterocycles. The minimum atomic E-state index is -1.07. The SMILES string of the molecule is CC(C)OCCCN1C(=O)c2cc(-c3ccccc3)nn2C[C@]1(C)C(=O)NCc1ccccc1. The van der Waals surface area contributed by atoms with E-state index in [-0.39, 0.29) is 24.5 Å². The maximum atomic E-state index is 13.6. The van der Waals surface area contributed by atoms with Crippen LogP contribution in [0.15, 0.2) is 66.7 Å². The minimum absolute atomic E-state index is 0.118. The molecule has 2 amide bonds. The van der Waals surface area contributed by atoms with Crippen LogP contribution in [0.2, 0.25) is 0 Å². The fourth-order valence-corrected chi connectivity index (χ4v) is 4.25. The summed E-state index contributed by atoms with van der Waals surface area (Å²) in [5.41, 5.74) is 2.09. The van der Waals surface area contributed by atoms with Crippen molar-refractivity contribution in [3.8, 4) is 11.3 Å². The van der Waals surface area contributed by atoms with Crippen molar-refractivity contribution in [1.82, 2.24) is 20.0 Å². The molecular weight excluding hydrogens is 428 g/mol. The molecule has 1 aliphatic rings. The second-order valence-electron chi connectivity index (χ2n) is 9.11. The summed E-state index contributed by atoms with van der Waals surface area (Å²) in [5.74, 6) is -0.389. The van der Waals surface area contributed by atoms with Gasteiger partial charge >= 0.3 is 0 Å². The zero-order valence-corrected chi connectivity index (χ0v) is 20.0. The molecule has 1 atom stereocenters. The number of aromatic nitrogens is 2. The Hall–Kier alpha value is -3.45. The summed E-state index contributed by atoms with van der Waals surface area (Å²) in [7, 11) is 0. The lowest BCUT2D eigenvalue weighted by molar-refractivity contribution is -0.133. The van der Waals surface area contributed by atoms with E-state index in [4.69, 9.17) is 4.74 Å². The fourth-order valence-electron chi connectivity index (χ4n) is 4.25. The Morgan fingerprint density at radius 1 is 1.12 bits per heavy atom. The van der Waals surface area contributed by atoms with Crippen molar-refractivity contribution in [2.24, 2.45) is 0 Å². The third kappa shape index (κ3) is 5.04. The van der Waals surface area contributed by atoms with Gasteiger partial charge in [-0.05, 0) is 38.8 Å². The third-order valence-corrected chi connectivity index (χ3v) is 6.13. The largest absolute Gasteiger partial charge is 0.379 e. The summed E-state index contributed by atoms with van der Waals surface area (Å²) < 4.78 is 7.35. The number of benzene rings is 2. The molecule has 0 aliphatic carbocycles. The first-order chi connectivity index (χ1) is 16.4. The zero-order chi connectivity index (χ0) is 24.1. The number of carbonyl (C=O) groups excluding carboxylic acids is 2. The first-order valence-electron chi connectivity index (χ1n) is 11.8. The monoisotopic (exact) mass is 460 g/mol. The first kappa shape index (κ1) is 23.7. The average molecular weight is 461 g/mol. The van der Waals surface area contributed by atoms with Crippen LogP contribution in [-0.4, -0.2) is 51.3 Å². The van der Waals surface area contributed by atoms with Crippen LogP contribution in [0.3, 0.4) is 0 Å². The molecule has 7 nitrogen and oxygen atoms in total. The molecule has 178 valence electrons. The van der Waals surface area contributed by atoms with E-state index in [1.165, 1.54) is 0 Å². The van der Waals surface area contributed by atoms with Crippen LogP contribution in [0.5, 0.6) is 0 Å². The van der Waals surface area contributed by atoms with Crippen molar-refractivity contribution in [3.05, 3.63) is 78.0 Å². The number of carbonyl (C=O) groups is 2. The quantitative estimate of drug-likeness (QED) is 0.492. The van der Waals surface area contributed by atoms with Crippen LogP contribution in [-0.2, 0) is 22.6 Å². The highest BCUT2D eigenvalue weighted by Crippen LogP contribution is 2.30. The number of hydrogen-bond donors (Lipinski definition) is 1. The molecule has 7 heteroatoms. The van der Waals surface area contributed by atoms with Gasteiger partial charge in [-0.3, -0.25) is 14.3 Å². The number of nitrogens with one attached hydrogen (secondary N) is 1. The number of amides is 2. The highest BCUT2D eigenvalue weighted by Gasteiger charge is 2.47. The highest BCUT2D eigenvalue weighted by atomic mass is 16.5. The lowest BCUT2D eigenvalue weighted by Gasteiger charge is -2.43. The minimum Gasteiger partial charge on any atom is -0.379 e. The Balaban J connectivity index is 1.60. The Morgan fingerprint density at radius 2 is 1.79 bits per heavy atom. The topological polar surface area (TPSA) is 76.5 Å². The van der Waals surface area contributed by atoms with Crippen LogP contribution in [0.25, 0.3) is 11.3 Å². The Kier molecular flexibility index (Phi) is 7.12. The normalized spacial score (nSPS) is 17.6. The summed E-state index contributed by atoms with van der Waals surface area (Å²) in [5, 5.41) is 7.72.